The highest BCUT2D eigenvalue weighted by atomic mass is 19.4. The van der Waals surface area contributed by atoms with Crippen molar-refractivity contribution in [3.8, 4) is 28.4 Å². The summed E-state index contributed by atoms with van der Waals surface area (Å²) in [7, 11) is 1.64. The van der Waals surface area contributed by atoms with E-state index >= 15 is 0 Å². The van der Waals surface area contributed by atoms with Gasteiger partial charge in [-0.3, -0.25) is 9.25 Å². The van der Waals surface area contributed by atoms with Crippen LogP contribution in [0.1, 0.15) is 28.1 Å². The lowest BCUT2D eigenvalue weighted by atomic mass is 10.1. The van der Waals surface area contributed by atoms with Crippen molar-refractivity contribution in [3.63, 3.8) is 0 Å². The first kappa shape index (κ1) is 29.9. The number of fused-ring (bicyclic) bond motifs is 1. The number of hydrogen-bond donors (Lipinski definition) is 0. The maximum Gasteiger partial charge on any atom is 0.416 e. The van der Waals surface area contributed by atoms with Crippen LogP contribution in [0, 0.1) is 13.8 Å². The summed E-state index contributed by atoms with van der Waals surface area (Å²) >= 11 is 0. The first-order valence-electron chi connectivity index (χ1n) is 14.9. The second-order valence-electron chi connectivity index (χ2n) is 11.3. The molecule has 3 aromatic carbocycles. The summed E-state index contributed by atoms with van der Waals surface area (Å²) in [6.07, 6.45) is 6.29. The number of aromatic nitrogens is 7. The van der Waals surface area contributed by atoms with Gasteiger partial charge >= 0.3 is 6.18 Å². The second kappa shape index (κ2) is 11.9. The van der Waals surface area contributed by atoms with Crippen LogP contribution in [0.15, 0.2) is 104 Å². The van der Waals surface area contributed by atoms with Gasteiger partial charge in [0.15, 0.2) is 0 Å². The highest BCUT2D eigenvalue weighted by molar-refractivity contribution is 5.67. The van der Waals surface area contributed by atoms with Crippen LogP contribution in [-0.2, 0) is 19.3 Å². The van der Waals surface area contributed by atoms with Gasteiger partial charge in [-0.25, -0.2) is 9.50 Å². The van der Waals surface area contributed by atoms with Crippen LogP contribution in [0.5, 0.6) is 5.75 Å². The number of hydrogen-bond acceptors (Lipinski definition) is 4. The van der Waals surface area contributed by atoms with Crippen molar-refractivity contribution in [1.29, 1.82) is 0 Å². The first-order valence-corrected chi connectivity index (χ1v) is 14.9. The zero-order valence-electron chi connectivity index (χ0n) is 25.8. The zero-order chi connectivity index (χ0) is 32.7. The Morgan fingerprint density at radius 3 is 2.45 bits per heavy atom. The molecule has 12 heteroatoms. The summed E-state index contributed by atoms with van der Waals surface area (Å²) in [4.78, 5) is 4.15. The molecule has 0 saturated heterocycles. The van der Waals surface area contributed by atoms with Crippen LogP contribution in [-0.4, -0.2) is 40.6 Å². The Morgan fingerprint density at radius 1 is 0.872 bits per heavy atom. The van der Waals surface area contributed by atoms with E-state index < -0.39 is 11.7 Å². The number of aryl methyl sites for hydroxylation is 2. The van der Waals surface area contributed by atoms with Crippen LogP contribution < -0.4 is 4.74 Å². The Hall–Kier alpha value is -5.78. The molecule has 4 aromatic heterocycles. The summed E-state index contributed by atoms with van der Waals surface area (Å²) in [5.41, 5.74) is 6.28. The van der Waals surface area contributed by atoms with E-state index in [9.17, 15) is 13.2 Å². The van der Waals surface area contributed by atoms with Crippen molar-refractivity contribution in [2.75, 3.05) is 7.11 Å². The number of nitrogens with zero attached hydrogens (tertiary/aromatic N) is 8. The standard InChI is InChI=1S/C35H30F3N8O/c1-23-4-7-29(40-19-26-14-28(35(36,37)38)16-30(15-26)44-11-10-39-24(44)2)17-33(23)45-12-13-46-34(45)18-32(42-46)27-20-41-43(22-27)21-25-5-8-31(47-3)9-6-25/h4-18,20,22H,19,21H2,1-3H3/q-1. The fraction of sp³-hybridized carbons (Fsp3) is 0.171. The molecule has 0 bridgehead atoms. The van der Waals surface area contributed by atoms with Gasteiger partial charge < -0.3 is 14.6 Å². The first-order chi connectivity index (χ1) is 22.6. The fourth-order valence-electron chi connectivity index (χ4n) is 5.58. The minimum atomic E-state index is -4.49. The Bertz CT molecular complexity index is 2190. The highest BCUT2D eigenvalue weighted by Crippen LogP contribution is 2.34. The van der Waals surface area contributed by atoms with E-state index in [1.54, 1.807) is 43.3 Å². The Labute approximate surface area is 268 Å². The average Bonchev–Trinajstić information content (AvgIpc) is 3.86. The quantitative estimate of drug-likeness (QED) is 0.161. The van der Waals surface area contributed by atoms with Crippen molar-refractivity contribution >= 4 is 11.3 Å². The summed E-state index contributed by atoms with van der Waals surface area (Å²) < 4.78 is 53.9. The summed E-state index contributed by atoms with van der Waals surface area (Å²) in [5, 5.41) is 14.0. The van der Waals surface area contributed by atoms with E-state index in [1.807, 2.05) is 87.8 Å². The van der Waals surface area contributed by atoms with Crippen LogP contribution in [0.4, 0.5) is 18.9 Å². The lowest BCUT2D eigenvalue weighted by molar-refractivity contribution is -0.137. The van der Waals surface area contributed by atoms with E-state index in [0.717, 1.165) is 51.6 Å². The van der Waals surface area contributed by atoms with Crippen molar-refractivity contribution in [3.05, 3.63) is 137 Å². The molecule has 0 spiro atoms. The number of methoxy groups -OCH3 is 1. The third kappa shape index (κ3) is 6.09. The molecular formula is C35H30F3N8O-. The van der Waals surface area contributed by atoms with Gasteiger partial charge in [0, 0.05) is 54.0 Å². The second-order valence-corrected chi connectivity index (χ2v) is 11.3. The largest absolute Gasteiger partial charge is 0.681 e. The van der Waals surface area contributed by atoms with Gasteiger partial charge in [0.1, 0.15) is 17.2 Å². The van der Waals surface area contributed by atoms with Crippen LogP contribution >= 0.6 is 0 Å². The van der Waals surface area contributed by atoms with Gasteiger partial charge in [-0.2, -0.15) is 23.4 Å². The van der Waals surface area contributed by atoms with E-state index in [4.69, 9.17) is 9.84 Å². The van der Waals surface area contributed by atoms with E-state index in [0.29, 0.717) is 29.3 Å². The molecule has 0 aliphatic rings. The van der Waals surface area contributed by atoms with Gasteiger partial charge in [-0.05, 0) is 55.3 Å². The zero-order valence-corrected chi connectivity index (χ0v) is 25.8. The minimum absolute atomic E-state index is 0.0750. The molecule has 9 nitrogen and oxygen atoms in total. The molecule has 0 amide bonds. The van der Waals surface area contributed by atoms with Crippen molar-refractivity contribution in [2.45, 2.75) is 33.1 Å². The van der Waals surface area contributed by atoms with E-state index in [2.05, 4.69) is 15.4 Å². The number of halogens is 3. The number of rotatable bonds is 9. The Balaban J connectivity index is 1.12. The number of benzene rings is 3. The third-order valence-electron chi connectivity index (χ3n) is 8.06. The number of imidazole rings is 2. The monoisotopic (exact) mass is 635 g/mol. The van der Waals surface area contributed by atoms with Crippen LogP contribution in [0.25, 0.3) is 33.6 Å². The minimum Gasteiger partial charge on any atom is -0.681 e. The van der Waals surface area contributed by atoms with Gasteiger partial charge in [0.05, 0.1) is 31.1 Å². The molecule has 0 radical (unpaired) electrons. The molecule has 4 heterocycles. The lowest BCUT2D eigenvalue weighted by Crippen LogP contribution is -2.08. The van der Waals surface area contributed by atoms with Gasteiger partial charge in [0.2, 0.25) is 0 Å². The number of ether oxygens (including phenoxy) is 1. The molecule has 0 aliphatic heterocycles. The molecule has 0 fully saturated rings. The summed E-state index contributed by atoms with van der Waals surface area (Å²) in [6, 6.07) is 19.6. The van der Waals surface area contributed by atoms with E-state index in [-0.39, 0.29) is 6.54 Å². The maximum absolute atomic E-state index is 13.8. The van der Waals surface area contributed by atoms with E-state index in [1.165, 1.54) is 0 Å². The predicted molar refractivity (Wildman–Crippen MR) is 173 cm³/mol. The fourth-order valence-corrected chi connectivity index (χ4v) is 5.58. The molecule has 7 aromatic rings. The molecule has 0 saturated carbocycles. The molecule has 0 N–H and O–H groups in total. The molecule has 7 rings (SSSR count). The normalized spacial score (nSPS) is 11.8. The molecule has 47 heavy (non-hydrogen) atoms. The highest BCUT2D eigenvalue weighted by Gasteiger charge is 2.31. The van der Waals surface area contributed by atoms with Crippen LogP contribution in [0.3, 0.4) is 0 Å². The topological polar surface area (TPSA) is 81.2 Å². The third-order valence-corrected chi connectivity index (χ3v) is 8.06. The van der Waals surface area contributed by atoms with Gasteiger partial charge in [0.25, 0.3) is 0 Å². The molecule has 0 atom stereocenters. The molecule has 0 aliphatic carbocycles. The van der Waals surface area contributed by atoms with Crippen molar-refractivity contribution in [1.82, 2.24) is 33.5 Å². The van der Waals surface area contributed by atoms with Crippen molar-refractivity contribution < 1.29 is 17.9 Å². The number of alkyl halides is 3. The summed E-state index contributed by atoms with van der Waals surface area (Å²) in [6.45, 7) is 4.44. The van der Waals surface area contributed by atoms with Crippen LogP contribution in [0.2, 0.25) is 0 Å². The molecule has 238 valence electrons. The molecule has 0 unspecified atom stereocenters. The predicted octanol–water partition coefficient (Wildman–Crippen LogP) is 8.07. The Kier molecular flexibility index (Phi) is 7.55. The maximum atomic E-state index is 13.8. The smallest absolute Gasteiger partial charge is 0.416 e. The Morgan fingerprint density at radius 2 is 1.70 bits per heavy atom. The molecular weight excluding hydrogens is 605 g/mol. The average molecular weight is 636 g/mol. The summed E-state index contributed by atoms with van der Waals surface area (Å²) in [5.74, 6) is 1.40. The lowest BCUT2D eigenvalue weighted by Gasteiger charge is -2.24. The van der Waals surface area contributed by atoms with Gasteiger partial charge in [-0.1, -0.05) is 35.9 Å². The van der Waals surface area contributed by atoms with Crippen molar-refractivity contribution in [2.24, 2.45) is 0 Å². The van der Waals surface area contributed by atoms with Gasteiger partial charge in [-0.15, -0.1) is 12.2 Å². The SMILES string of the molecule is COc1ccc(Cn2cc(-c3cc4n(-c5cc([N-]Cc6cc(-n7ccnc7C)cc(C(F)(F)F)c6)ccc5C)ccn4n3)cn2)cc1.